The van der Waals surface area contributed by atoms with Crippen LogP contribution in [0, 0.1) is 23.1 Å². The molecule has 5 rings (SSSR count). The maximum Gasteiger partial charge on any atom is 0.435 e. The van der Waals surface area contributed by atoms with Crippen molar-refractivity contribution in [2.24, 2.45) is 22.4 Å². The van der Waals surface area contributed by atoms with Crippen LogP contribution in [-0.2, 0) is 28.5 Å². The Morgan fingerprint density at radius 3 is 2.35 bits per heavy atom. The van der Waals surface area contributed by atoms with E-state index in [0.717, 1.165) is 25.3 Å². The van der Waals surface area contributed by atoms with Crippen LogP contribution in [0.4, 0.5) is 36.4 Å². The minimum atomic E-state index is -5.06. The number of nitriles is 1. The number of methoxy groups -OCH3 is 1. The van der Waals surface area contributed by atoms with Gasteiger partial charge in [-0.25, -0.2) is 14.1 Å². The molecule has 1 saturated heterocycles. The standard InChI is InChI=1S/C31H29F7N8O3/c1-14-9-16(28(48)43-27(41)18-5-6-22(30(33,34)35)42-25(18)15-3-4-15)7-8-45(14)21-11-17(10-20(32)19(21)12-39)24-26(31(36,37)38)44-46(13-23(40)47)29(24)49-2/h5-6,10-11,14-16H,3-4,7-9,13H2,1-2H3,(H2,40,47)(H2,41,43,48)/t14?,16-/m0/s1. The highest BCUT2D eigenvalue weighted by atomic mass is 19.4. The van der Waals surface area contributed by atoms with Crippen LogP contribution in [0.5, 0.6) is 5.88 Å². The first-order valence-corrected chi connectivity index (χ1v) is 14.9. The highest BCUT2D eigenvalue weighted by Gasteiger charge is 2.42. The van der Waals surface area contributed by atoms with Crippen LogP contribution in [0.2, 0.25) is 0 Å². The Kier molecular flexibility index (Phi) is 9.32. The van der Waals surface area contributed by atoms with E-state index in [-0.39, 0.29) is 53.6 Å². The zero-order chi connectivity index (χ0) is 36.0. The average Bonchev–Trinajstić information content (AvgIpc) is 3.79. The third kappa shape index (κ3) is 7.15. The Hall–Kier alpha value is -5.21. The number of amidine groups is 1. The molecule has 1 unspecified atom stereocenters. The van der Waals surface area contributed by atoms with Crippen molar-refractivity contribution in [2.75, 3.05) is 18.6 Å². The van der Waals surface area contributed by atoms with Gasteiger partial charge in [-0.1, -0.05) is 0 Å². The molecule has 49 heavy (non-hydrogen) atoms. The topological polar surface area (TPSA) is 166 Å². The minimum absolute atomic E-state index is 0.0456. The number of hydrogen-bond donors (Lipinski definition) is 2. The van der Waals surface area contributed by atoms with Gasteiger partial charge in [-0.3, -0.25) is 9.59 Å². The number of benzene rings is 1. The summed E-state index contributed by atoms with van der Waals surface area (Å²) < 4.78 is 103. The van der Waals surface area contributed by atoms with Crippen molar-refractivity contribution < 1.29 is 45.1 Å². The van der Waals surface area contributed by atoms with Crippen LogP contribution in [0.15, 0.2) is 29.3 Å². The monoisotopic (exact) mass is 694 g/mol. The Balaban J connectivity index is 1.44. The van der Waals surface area contributed by atoms with Crippen molar-refractivity contribution in [3.8, 4) is 23.1 Å². The number of alkyl halides is 6. The largest absolute Gasteiger partial charge is 0.481 e. The zero-order valence-corrected chi connectivity index (χ0v) is 26.0. The molecule has 3 aromatic rings. The fraction of sp³-hybridized carbons (Fsp3) is 0.419. The first-order chi connectivity index (χ1) is 22.9. The molecule has 3 heterocycles. The fourth-order valence-electron chi connectivity index (χ4n) is 5.98. The van der Waals surface area contributed by atoms with Gasteiger partial charge in [0.05, 0.1) is 24.1 Å². The lowest BCUT2D eigenvalue weighted by atomic mass is 9.89. The second-order valence-corrected chi connectivity index (χ2v) is 11.8. The van der Waals surface area contributed by atoms with Crippen LogP contribution in [0.25, 0.3) is 11.1 Å². The van der Waals surface area contributed by atoms with E-state index in [1.165, 1.54) is 6.07 Å². The van der Waals surface area contributed by atoms with Gasteiger partial charge >= 0.3 is 12.4 Å². The number of nitrogens with zero attached hydrogens (tertiary/aromatic N) is 6. The molecular formula is C31H29F7N8O3. The highest BCUT2D eigenvalue weighted by Crippen LogP contribution is 2.45. The van der Waals surface area contributed by atoms with Crippen LogP contribution < -0.4 is 21.1 Å². The molecule has 1 saturated carbocycles. The van der Waals surface area contributed by atoms with Crippen molar-refractivity contribution in [3.63, 3.8) is 0 Å². The predicted molar refractivity (Wildman–Crippen MR) is 160 cm³/mol. The molecule has 0 radical (unpaired) electrons. The van der Waals surface area contributed by atoms with Crippen molar-refractivity contribution in [2.45, 2.75) is 63.5 Å². The second-order valence-electron chi connectivity index (χ2n) is 11.8. The first-order valence-electron chi connectivity index (χ1n) is 14.9. The summed E-state index contributed by atoms with van der Waals surface area (Å²) in [6, 6.07) is 4.99. The number of carbonyl (C=O) groups excluding carboxylic acids is 2. The lowest BCUT2D eigenvalue weighted by Crippen LogP contribution is -2.43. The second kappa shape index (κ2) is 13.0. The Bertz CT molecular complexity index is 1880. The summed E-state index contributed by atoms with van der Waals surface area (Å²) in [6.45, 7) is 0.945. The van der Waals surface area contributed by atoms with Crippen molar-refractivity contribution in [1.29, 1.82) is 5.26 Å². The third-order valence-corrected chi connectivity index (χ3v) is 8.36. The zero-order valence-electron chi connectivity index (χ0n) is 26.0. The SMILES string of the molecule is COc1c(-c2cc(F)c(C#N)c(N3CC[C@H](C(=O)N=C(N)c4ccc(C(F)(F)F)nc4C4CC4)CC3C)c2)c(C(F)(F)F)nn1CC(N)=O. The van der Waals surface area contributed by atoms with Crippen molar-refractivity contribution in [3.05, 3.63) is 58.3 Å². The number of aliphatic imine (C=N–C) groups is 1. The molecule has 2 aromatic heterocycles. The summed E-state index contributed by atoms with van der Waals surface area (Å²) in [6.07, 6.45) is -8.26. The van der Waals surface area contributed by atoms with Crippen LogP contribution in [-0.4, -0.2) is 52.1 Å². The molecule has 11 nitrogen and oxygen atoms in total. The summed E-state index contributed by atoms with van der Waals surface area (Å²) in [5.41, 5.74) is 7.43. The van der Waals surface area contributed by atoms with E-state index < -0.39 is 76.9 Å². The van der Waals surface area contributed by atoms with E-state index >= 15 is 4.39 Å². The Morgan fingerprint density at radius 2 is 1.80 bits per heavy atom. The normalized spacial score (nSPS) is 18.7. The van der Waals surface area contributed by atoms with Gasteiger partial charge in [-0.05, 0) is 62.4 Å². The molecule has 2 aliphatic rings. The van der Waals surface area contributed by atoms with Gasteiger partial charge in [0.15, 0.2) is 5.69 Å². The molecule has 4 N–H and O–H groups in total. The minimum Gasteiger partial charge on any atom is -0.481 e. The summed E-state index contributed by atoms with van der Waals surface area (Å²) in [7, 11) is 1.04. The van der Waals surface area contributed by atoms with Gasteiger partial charge < -0.3 is 21.1 Å². The number of hydrogen-bond acceptors (Lipinski definition) is 7. The lowest BCUT2D eigenvalue weighted by Gasteiger charge is -2.39. The number of aromatic nitrogens is 3. The number of rotatable bonds is 8. The average molecular weight is 695 g/mol. The first kappa shape index (κ1) is 35.1. The molecule has 260 valence electrons. The number of amides is 2. The van der Waals surface area contributed by atoms with E-state index in [2.05, 4.69) is 15.1 Å². The van der Waals surface area contributed by atoms with E-state index in [1.807, 2.05) is 0 Å². The number of carbonyl (C=O) groups is 2. The van der Waals surface area contributed by atoms with Crippen LogP contribution >= 0.6 is 0 Å². The fourth-order valence-corrected chi connectivity index (χ4v) is 5.98. The number of nitrogens with two attached hydrogens (primary N) is 2. The maximum absolute atomic E-state index is 15.4. The van der Waals surface area contributed by atoms with Gasteiger partial charge in [-0.2, -0.15) is 41.7 Å². The van der Waals surface area contributed by atoms with Crippen molar-refractivity contribution >= 4 is 23.3 Å². The molecule has 2 fully saturated rings. The summed E-state index contributed by atoms with van der Waals surface area (Å²) in [5.74, 6) is -4.54. The van der Waals surface area contributed by atoms with E-state index in [1.54, 1.807) is 17.9 Å². The summed E-state index contributed by atoms with van der Waals surface area (Å²) >= 11 is 0. The number of primary amides is 1. The van der Waals surface area contributed by atoms with Crippen LogP contribution in [0.1, 0.15) is 66.7 Å². The molecule has 1 aliphatic carbocycles. The molecule has 0 bridgehead atoms. The molecule has 2 atom stereocenters. The smallest absolute Gasteiger partial charge is 0.435 e. The van der Waals surface area contributed by atoms with E-state index in [4.69, 9.17) is 16.2 Å². The lowest BCUT2D eigenvalue weighted by molar-refractivity contribution is -0.142. The van der Waals surface area contributed by atoms with E-state index in [9.17, 15) is 41.2 Å². The summed E-state index contributed by atoms with van der Waals surface area (Å²) in [4.78, 5) is 34.0. The number of ether oxygens (including phenoxy) is 1. The Morgan fingerprint density at radius 1 is 1.10 bits per heavy atom. The number of anilines is 1. The Labute approximate surface area is 274 Å². The van der Waals surface area contributed by atoms with Gasteiger partial charge in [-0.15, -0.1) is 0 Å². The molecular weight excluding hydrogens is 665 g/mol. The quantitative estimate of drug-likeness (QED) is 0.191. The highest BCUT2D eigenvalue weighted by molar-refractivity contribution is 6.05. The van der Waals surface area contributed by atoms with Crippen LogP contribution in [0.3, 0.4) is 0 Å². The maximum atomic E-state index is 15.4. The van der Waals surface area contributed by atoms with Gasteiger partial charge in [0.2, 0.25) is 11.8 Å². The third-order valence-electron chi connectivity index (χ3n) is 8.36. The van der Waals surface area contributed by atoms with E-state index in [0.29, 0.717) is 17.5 Å². The molecule has 18 heteroatoms. The van der Waals surface area contributed by atoms with Gasteiger partial charge in [0.1, 0.15) is 35.5 Å². The van der Waals surface area contributed by atoms with Gasteiger partial charge in [0, 0.05) is 30.0 Å². The summed E-state index contributed by atoms with van der Waals surface area (Å²) in [5, 5.41) is 13.3. The van der Waals surface area contributed by atoms with Gasteiger partial charge in [0.25, 0.3) is 5.91 Å². The molecule has 1 aromatic carbocycles. The van der Waals surface area contributed by atoms with Crippen molar-refractivity contribution in [1.82, 2.24) is 14.8 Å². The number of pyridine rings is 1. The molecule has 1 aliphatic heterocycles. The number of piperidine rings is 1. The molecule has 2 amide bonds. The number of halogens is 7. The predicted octanol–water partition coefficient (Wildman–Crippen LogP) is 4.90. The molecule has 0 spiro atoms.